The Bertz CT molecular complexity index is 817. The molecule has 0 aromatic heterocycles. The van der Waals surface area contributed by atoms with Gasteiger partial charge < -0.3 is 4.74 Å². The molecule has 3 rings (SSSR count). The number of hydrazone groups is 1. The minimum Gasteiger partial charge on any atom is -0.493 e. The molecule has 1 amide bonds. The van der Waals surface area contributed by atoms with Crippen LogP contribution in [0.25, 0.3) is 0 Å². The van der Waals surface area contributed by atoms with Crippen LogP contribution in [0.1, 0.15) is 42.4 Å². The van der Waals surface area contributed by atoms with Gasteiger partial charge in [-0.05, 0) is 61.9 Å². The van der Waals surface area contributed by atoms with E-state index in [1.165, 1.54) is 5.56 Å². The number of rotatable bonds is 6. The number of halogens is 1. The van der Waals surface area contributed by atoms with Gasteiger partial charge in [0.2, 0.25) is 5.91 Å². The van der Waals surface area contributed by atoms with Crippen molar-refractivity contribution >= 4 is 23.2 Å². The monoisotopic (exact) mass is 370 g/mol. The van der Waals surface area contributed by atoms with Crippen LogP contribution in [0, 0.1) is 6.92 Å². The van der Waals surface area contributed by atoms with E-state index in [9.17, 15) is 4.79 Å². The lowest BCUT2D eigenvalue weighted by Crippen LogP contribution is -2.22. The highest BCUT2D eigenvalue weighted by Gasteiger charge is 2.15. The number of ether oxygens (including phenoxy) is 1. The molecule has 0 heterocycles. The van der Waals surface area contributed by atoms with Crippen LogP contribution in [0.2, 0.25) is 5.02 Å². The fourth-order valence-corrected chi connectivity index (χ4v) is 3.32. The molecule has 0 bridgehead atoms. The minimum absolute atomic E-state index is 0.0861. The molecule has 4 nitrogen and oxygen atoms in total. The standard InChI is InChI=1S/C21H23ClN2O2/c1-15-14-17(22)11-12-20(15)26-13-5-10-21(25)24-23-19-9-4-7-16-6-2-3-8-18(16)19/h2-3,6,8,11-12,14H,4-5,7,9-10,13H2,1H3,(H,24,25)/b23-19+. The molecule has 0 aliphatic heterocycles. The van der Waals surface area contributed by atoms with Gasteiger partial charge in [0.15, 0.2) is 0 Å². The number of fused-ring (bicyclic) bond motifs is 1. The van der Waals surface area contributed by atoms with Crippen LogP contribution in [0.15, 0.2) is 47.6 Å². The third-order valence-corrected chi connectivity index (χ3v) is 4.68. The number of amides is 1. The molecule has 1 aliphatic rings. The van der Waals surface area contributed by atoms with E-state index in [2.05, 4.69) is 22.7 Å². The highest BCUT2D eigenvalue weighted by Crippen LogP contribution is 2.22. The lowest BCUT2D eigenvalue weighted by atomic mass is 9.90. The van der Waals surface area contributed by atoms with Crippen molar-refractivity contribution in [2.45, 2.75) is 39.0 Å². The van der Waals surface area contributed by atoms with E-state index in [-0.39, 0.29) is 5.91 Å². The van der Waals surface area contributed by atoms with Crippen LogP contribution in [0.4, 0.5) is 0 Å². The summed E-state index contributed by atoms with van der Waals surface area (Å²) in [6, 6.07) is 13.8. The second kappa shape index (κ2) is 8.86. The number of hydrogen-bond acceptors (Lipinski definition) is 3. The van der Waals surface area contributed by atoms with Gasteiger partial charge in [-0.15, -0.1) is 0 Å². The molecule has 136 valence electrons. The molecule has 1 N–H and O–H groups in total. The topological polar surface area (TPSA) is 50.7 Å². The Hall–Kier alpha value is -2.33. The SMILES string of the molecule is Cc1cc(Cl)ccc1OCCCC(=O)N/N=C1\CCCc2ccccc21. The number of nitrogens with one attached hydrogen (secondary N) is 1. The molecule has 2 aromatic carbocycles. The highest BCUT2D eigenvalue weighted by atomic mass is 35.5. The summed E-state index contributed by atoms with van der Waals surface area (Å²) in [5.41, 5.74) is 7.10. The summed E-state index contributed by atoms with van der Waals surface area (Å²) in [5.74, 6) is 0.714. The second-order valence-corrected chi connectivity index (χ2v) is 6.90. The number of carbonyl (C=O) groups excluding carboxylic acids is 1. The van der Waals surface area contributed by atoms with Gasteiger partial charge in [0.25, 0.3) is 0 Å². The van der Waals surface area contributed by atoms with Gasteiger partial charge in [-0.3, -0.25) is 4.79 Å². The van der Waals surface area contributed by atoms with Gasteiger partial charge in [0.1, 0.15) is 5.75 Å². The first-order valence-electron chi connectivity index (χ1n) is 8.96. The lowest BCUT2D eigenvalue weighted by Gasteiger charge is -2.17. The third kappa shape index (κ3) is 4.85. The predicted molar refractivity (Wildman–Crippen MR) is 105 cm³/mol. The summed E-state index contributed by atoms with van der Waals surface area (Å²) in [6.45, 7) is 2.43. The van der Waals surface area contributed by atoms with Crippen molar-refractivity contribution in [3.8, 4) is 5.75 Å². The van der Waals surface area contributed by atoms with E-state index in [0.29, 0.717) is 24.5 Å². The number of hydrogen-bond donors (Lipinski definition) is 1. The Balaban J connectivity index is 1.45. The van der Waals surface area contributed by atoms with Gasteiger partial charge in [-0.2, -0.15) is 5.10 Å². The molecule has 0 saturated carbocycles. The zero-order valence-electron chi connectivity index (χ0n) is 14.9. The Morgan fingerprint density at radius 1 is 1.23 bits per heavy atom. The van der Waals surface area contributed by atoms with Gasteiger partial charge in [-0.1, -0.05) is 35.9 Å². The van der Waals surface area contributed by atoms with Crippen LogP contribution >= 0.6 is 11.6 Å². The molecule has 0 unspecified atom stereocenters. The molecular weight excluding hydrogens is 348 g/mol. The minimum atomic E-state index is -0.0861. The van der Waals surface area contributed by atoms with Gasteiger partial charge >= 0.3 is 0 Å². The van der Waals surface area contributed by atoms with Crippen molar-refractivity contribution in [2.24, 2.45) is 5.10 Å². The fourth-order valence-electron chi connectivity index (χ4n) is 3.09. The van der Waals surface area contributed by atoms with E-state index in [0.717, 1.165) is 41.9 Å². The summed E-state index contributed by atoms with van der Waals surface area (Å²) < 4.78 is 5.71. The molecule has 0 radical (unpaired) electrons. The quantitative estimate of drug-likeness (QED) is 0.593. The Kier molecular flexibility index (Phi) is 6.29. The van der Waals surface area contributed by atoms with Crippen LogP contribution in [-0.4, -0.2) is 18.2 Å². The fraction of sp³-hybridized carbons (Fsp3) is 0.333. The van der Waals surface area contributed by atoms with Gasteiger partial charge in [0, 0.05) is 17.0 Å². The van der Waals surface area contributed by atoms with Crippen molar-refractivity contribution in [1.29, 1.82) is 0 Å². The van der Waals surface area contributed by atoms with Gasteiger partial charge in [-0.25, -0.2) is 5.43 Å². The van der Waals surface area contributed by atoms with Crippen LogP contribution in [0.3, 0.4) is 0 Å². The lowest BCUT2D eigenvalue weighted by molar-refractivity contribution is -0.121. The van der Waals surface area contributed by atoms with Gasteiger partial charge in [0.05, 0.1) is 12.3 Å². The molecule has 0 fully saturated rings. The number of nitrogens with zero attached hydrogens (tertiary/aromatic N) is 1. The van der Waals surface area contributed by atoms with Crippen LogP contribution in [-0.2, 0) is 11.2 Å². The summed E-state index contributed by atoms with van der Waals surface area (Å²) in [4.78, 5) is 12.0. The Labute approximate surface area is 159 Å². The maximum absolute atomic E-state index is 12.0. The molecule has 0 saturated heterocycles. The van der Waals surface area contributed by atoms with E-state index in [1.807, 2.05) is 31.2 Å². The maximum Gasteiger partial charge on any atom is 0.240 e. The summed E-state index contributed by atoms with van der Waals surface area (Å²) >= 11 is 5.93. The van der Waals surface area contributed by atoms with Crippen molar-refractivity contribution in [3.63, 3.8) is 0 Å². The average Bonchev–Trinajstić information content (AvgIpc) is 2.65. The predicted octanol–water partition coefficient (Wildman–Crippen LogP) is 4.66. The third-order valence-electron chi connectivity index (χ3n) is 4.45. The smallest absolute Gasteiger partial charge is 0.240 e. The van der Waals surface area contributed by atoms with E-state index >= 15 is 0 Å². The van der Waals surface area contributed by atoms with Crippen molar-refractivity contribution in [2.75, 3.05) is 6.61 Å². The second-order valence-electron chi connectivity index (χ2n) is 6.47. The zero-order valence-corrected chi connectivity index (χ0v) is 15.7. The van der Waals surface area contributed by atoms with E-state index < -0.39 is 0 Å². The van der Waals surface area contributed by atoms with E-state index in [4.69, 9.17) is 16.3 Å². The first kappa shape index (κ1) is 18.5. The van der Waals surface area contributed by atoms with Crippen LogP contribution in [0.5, 0.6) is 5.75 Å². The molecular formula is C21H23ClN2O2. The summed E-state index contributed by atoms with van der Waals surface area (Å²) in [7, 11) is 0. The highest BCUT2D eigenvalue weighted by molar-refractivity contribution is 6.30. The number of aryl methyl sites for hydroxylation is 2. The molecule has 1 aliphatic carbocycles. The number of benzene rings is 2. The molecule has 2 aromatic rings. The Morgan fingerprint density at radius 2 is 2.08 bits per heavy atom. The summed E-state index contributed by atoms with van der Waals surface area (Å²) in [6.07, 6.45) is 4.06. The first-order chi connectivity index (χ1) is 12.6. The normalized spacial score (nSPS) is 14.8. The van der Waals surface area contributed by atoms with E-state index in [1.54, 1.807) is 6.07 Å². The largest absolute Gasteiger partial charge is 0.493 e. The maximum atomic E-state index is 12.0. The van der Waals surface area contributed by atoms with Crippen molar-refractivity contribution < 1.29 is 9.53 Å². The first-order valence-corrected chi connectivity index (χ1v) is 9.34. The molecule has 5 heteroatoms. The van der Waals surface area contributed by atoms with Crippen molar-refractivity contribution in [1.82, 2.24) is 5.43 Å². The summed E-state index contributed by atoms with van der Waals surface area (Å²) in [5, 5.41) is 5.04. The molecule has 0 atom stereocenters. The zero-order chi connectivity index (χ0) is 18.4. The van der Waals surface area contributed by atoms with Crippen molar-refractivity contribution in [3.05, 3.63) is 64.2 Å². The Morgan fingerprint density at radius 3 is 2.92 bits per heavy atom. The van der Waals surface area contributed by atoms with Crippen LogP contribution < -0.4 is 10.2 Å². The molecule has 0 spiro atoms. The average molecular weight is 371 g/mol. The number of carbonyl (C=O) groups is 1. The molecule has 26 heavy (non-hydrogen) atoms.